The van der Waals surface area contributed by atoms with Gasteiger partial charge in [-0.3, -0.25) is 9.59 Å². The monoisotopic (exact) mass is 418 g/mol. The molecule has 2 amide bonds. The third-order valence-electron chi connectivity index (χ3n) is 5.42. The highest BCUT2D eigenvalue weighted by molar-refractivity contribution is 5.92. The molecule has 8 heteroatoms. The Hall–Kier alpha value is -2.61. The van der Waals surface area contributed by atoms with Gasteiger partial charge in [0.2, 0.25) is 11.8 Å². The van der Waals surface area contributed by atoms with E-state index >= 15 is 0 Å². The molecular formula is C22H30N2O6. The van der Waals surface area contributed by atoms with Gasteiger partial charge in [-0.05, 0) is 23.1 Å². The number of amides is 2. The fraction of sp³-hybridized carbons (Fsp3) is 0.591. The lowest BCUT2D eigenvalue weighted by atomic mass is 9.85. The minimum Gasteiger partial charge on any atom is -0.493 e. The number of rotatable bonds is 1. The second kappa shape index (κ2) is 9.04. The fourth-order valence-corrected chi connectivity index (χ4v) is 3.85. The molecule has 0 radical (unpaired) electrons. The van der Waals surface area contributed by atoms with Gasteiger partial charge in [0, 0.05) is 19.4 Å². The van der Waals surface area contributed by atoms with E-state index in [1.165, 1.54) is 4.90 Å². The first-order chi connectivity index (χ1) is 14.1. The molecule has 0 saturated carbocycles. The van der Waals surface area contributed by atoms with Gasteiger partial charge in [-0.15, -0.1) is 0 Å². The number of hydrogen-bond donors (Lipinski definition) is 2. The van der Waals surface area contributed by atoms with E-state index < -0.39 is 29.4 Å². The quantitative estimate of drug-likeness (QED) is 0.718. The summed E-state index contributed by atoms with van der Waals surface area (Å²) in [7, 11) is 0. The van der Waals surface area contributed by atoms with E-state index in [9.17, 15) is 19.5 Å². The number of nitrogens with one attached hydrogen (secondary N) is 1. The third-order valence-corrected chi connectivity index (χ3v) is 5.42. The first kappa shape index (κ1) is 22.1. The molecule has 1 fully saturated rings. The Bertz CT molecular complexity index is 803. The van der Waals surface area contributed by atoms with Crippen LogP contribution in [-0.2, 0) is 25.5 Å². The van der Waals surface area contributed by atoms with Crippen molar-refractivity contribution in [1.29, 1.82) is 0 Å². The number of carboxylic acids is 1. The van der Waals surface area contributed by atoms with Crippen LogP contribution < -0.4 is 10.1 Å². The summed E-state index contributed by atoms with van der Waals surface area (Å²) in [4.78, 5) is 39.2. The first-order valence-corrected chi connectivity index (χ1v) is 10.3. The van der Waals surface area contributed by atoms with Gasteiger partial charge < -0.3 is 24.8 Å². The number of aliphatic carboxylic acids is 1. The molecule has 2 aliphatic heterocycles. The molecule has 0 unspecified atom stereocenters. The van der Waals surface area contributed by atoms with E-state index in [2.05, 4.69) is 5.32 Å². The van der Waals surface area contributed by atoms with Crippen molar-refractivity contribution in [2.24, 2.45) is 5.41 Å². The highest BCUT2D eigenvalue weighted by atomic mass is 16.5. The maximum Gasteiger partial charge on any atom is 0.326 e. The van der Waals surface area contributed by atoms with Crippen molar-refractivity contribution in [3.05, 3.63) is 29.8 Å². The predicted molar refractivity (Wildman–Crippen MR) is 109 cm³/mol. The van der Waals surface area contributed by atoms with Crippen LogP contribution in [0.5, 0.6) is 5.75 Å². The van der Waals surface area contributed by atoms with Crippen LogP contribution in [-0.4, -0.2) is 65.7 Å². The van der Waals surface area contributed by atoms with Crippen molar-refractivity contribution < 1.29 is 29.0 Å². The van der Waals surface area contributed by atoms with Gasteiger partial charge in [-0.25, -0.2) is 4.79 Å². The number of carbonyl (C=O) groups is 3. The second-order valence-corrected chi connectivity index (χ2v) is 8.97. The normalized spacial score (nSPS) is 26.1. The number of nitrogens with zero attached hydrogens (tertiary/aromatic N) is 1. The molecule has 164 valence electrons. The summed E-state index contributed by atoms with van der Waals surface area (Å²) in [5, 5.41) is 12.5. The van der Waals surface area contributed by atoms with E-state index in [0.29, 0.717) is 25.4 Å². The Morgan fingerprint density at radius 1 is 1.23 bits per heavy atom. The second-order valence-electron chi connectivity index (χ2n) is 8.97. The van der Waals surface area contributed by atoms with Crippen LogP contribution in [0.25, 0.3) is 0 Å². The maximum absolute atomic E-state index is 13.4. The van der Waals surface area contributed by atoms with Crippen molar-refractivity contribution in [2.45, 2.75) is 58.2 Å². The van der Waals surface area contributed by atoms with Crippen LogP contribution >= 0.6 is 0 Å². The molecule has 0 aromatic heterocycles. The molecule has 0 aliphatic carbocycles. The number of carboxylic acid groups (broad SMARTS) is 1. The highest BCUT2D eigenvalue weighted by Gasteiger charge is 2.45. The molecule has 4 bridgehead atoms. The number of hydrogen-bond acceptors (Lipinski definition) is 5. The minimum atomic E-state index is -1.06. The van der Waals surface area contributed by atoms with Gasteiger partial charge in [0.15, 0.2) is 0 Å². The maximum atomic E-state index is 13.4. The molecule has 3 atom stereocenters. The zero-order valence-electron chi connectivity index (χ0n) is 17.7. The molecule has 1 aromatic carbocycles. The van der Waals surface area contributed by atoms with E-state index in [1.54, 1.807) is 0 Å². The van der Waals surface area contributed by atoms with Crippen LogP contribution in [0.15, 0.2) is 24.3 Å². The average molecular weight is 418 g/mol. The standard InChI is InChI=1S/C22H30N2O6/c1-22(2,3)19-20(26)24-13-16(12-17(24)21(27)28)30-9-5-8-29-15-7-4-6-14(10-15)11-18(25)23-19/h4,6-7,10,16-17,19H,5,8-9,11-13H2,1-3H3,(H,23,25)(H,27,28)/t16-,17+,19-/m1/s1. The van der Waals surface area contributed by atoms with Crippen LogP contribution in [0.1, 0.15) is 39.2 Å². The van der Waals surface area contributed by atoms with E-state index in [4.69, 9.17) is 9.47 Å². The molecule has 0 spiro atoms. The molecule has 2 heterocycles. The lowest BCUT2D eigenvalue weighted by molar-refractivity contribution is -0.150. The van der Waals surface area contributed by atoms with Crippen LogP contribution in [0, 0.1) is 5.41 Å². The Balaban J connectivity index is 1.89. The number of benzene rings is 1. The topological polar surface area (TPSA) is 105 Å². The molecule has 2 aliphatic rings. The van der Waals surface area contributed by atoms with Crippen molar-refractivity contribution in [2.75, 3.05) is 19.8 Å². The number of carbonyl (C=O) groups excluding carboxylic acids is 2. The van der Waals surface area contributed by atoms with Gasteiger partial charge in [0.05, 0.1) is 25.7 Å². The van der Waals surface area contributed by atoms with E-state index in [1.807, 2.05) is 45.0 Å². The summed E-state index contributed by atoms with van der Waals surface area (Å²) in [6, 6.07) is 5.49. The first-order valence-electron chi connectivity index (χ1n) is 10.3. The van der Waals surface area contributed by atoms with Crippen molar-refractivity contribution >= 4 is 17.8 Å². The van der Waals surface area contributed by atoms with E-state index in [0.717, 1.165) is 5.56 Å². The van der Waals surface area contributed by atoms with Gasteiger partial charge in [-0.2, -0.15) is 0 Å². The Labute approximate surface area is 176 Å². The molecular weight excluding hydrogens is 388 g/mol. The van der Waals surface area contributed by atoms with Crippen LogP contribution in [0.3, 0.4) is 0 Å². The average Bonchev–Trinajstić information content (AvgIpc) is 3.09. The lowest BCUT2D eigenvalue weighted by Crippen LogP contribution is -2.57. The minimum absolute atomic E-state index is 0.102. The van der Waals surface area contributed by atoms with Crippen LogP contribution in [0.2, 0.25) is 0 Å². The summed E-state index contributed by atoms with van der Waals surface area (Å²) < 4.78 is 11.6. The molecule has 8 nitrogen and oxygen atoms in total. The van der Waals surface area contributed by atoms with Crippen molar-refractivity contribution in [3.63, 3.8) is 0 Å². The third kappa shape index (κ3) is 5.30. The molecule has 3 rings (SSSR count). The van der Waals surface area contributed by atoms with Gasteiger partial charge in [-0.1, -0.05) is 32.9 Å². The lowest BCUT2D eigenvalue weighted by Gasteiger charge is -2.35. The van der Waals surface area contributed by atoms with Gasteiger partial charge >= 0.3 is 5.97 Å². The smallest absolute Gasteiger partial charge is 0.326 e. The molecule has 2 N–H and O–H groups in total. The summed E-state index contributed by atoms with van der Waals surface area (Å²) in [5.41, 5.74) is 0.184. The molecule has 1 aromatic rings. The van der Waals surface area contributed by atoms with Crippen molar-refractivity contribution in [1.82, 2.24) is 10.2 Å². The summed E-state index contributed by atoms with van der Waals surface area (Å²) in [5.74, 6) is -1.08. The van der Waals surface area contributed by atoms with Gasteiger partial charge in [0.25, 0.3) is 0 Å². The van der Waals surface area contributed by atoms with E-state index in [-0.39, 0.29) is 31.4 Å². The zero-order chi connectivity index (χ0) is 21.9. The molecule has 1 saturated heterocycles. The van der Waals surface area contributed by atoms with Gasteiger partial charge in [0.1, 0.15) is 17.8 Å². The largest absolute Gasteiger partial charge is 0.493 e. The van der Waals surface area contributed by atoms with Crippen LogP contribution in [0.4, 0.5) is 0 Å². The summed E-state index contributed by atoms with van der Waals surface area (Å²) in [6.45, 7) is 6.60. The Kier molecular flexibility index (Phi) is 6.65. The molecule has 30 heavy (non-hydrogen) atoms. The Morgan fingerprint density at radius 2 is 2.00 bits per heavy atom. The Morgan fingerprint density at radius 3 is 2.70 bits per heavy atom. The fourth-order valence-electron chi connectivity index (χ4n) is 3.85. The summed E-state index contributed by atoms with van der Waals surface area (Å²) in [6.07, 6.45) is 0.610. The SMILES string of the molecule is CC(C)(C)[C@@H]1NC(=O)Cc2cccc(c2)OCCCO[C@@H]2C[C@@H](C(=O)O)N(C2)C1=O. The number of ether oxygens (including phenoxy) is 2. The highest BCUT2D eigenvalue weighted by Crippen LogP contribution is 2.27. The van der Waals surface area contributed by atoms with Crippen molar-refractivity contribution in [3.8, 4) is 5.75 Å². The predicted octanol–water partition coefficient (Wildman–Crippen LogP) is 1.61. The summed E-state index contributed by atoms with van der Waals surface area (Å²) >= 11 is 0. The number of fused-ring (bicyclic) bond motifs is 4. The zero-order valence-corrected chi connectivity index (χ0v) is 17.7.